The van der Waals surface area contributed by atoms with Crippen LogP contribution in [0.3, 0.4) is 0 Å². The minimum absolute atomic E-state index is 0.137. The summed E-state index contributed by atoms with van der Waals surface area (Å²) in [5, 5.41) is 19.6. The van der Waals surface area contributed by atoms with Crippen molar-refractivity contribution in [2.24, 2.45) is 0 Å². The number of nitro benzene ring substituents is 1. The first-order chi connectivity index (χ1) is 7.41. The van der Waals surface area contributed by atoms with Crippen molar-refractivity contribution in [2.75, 3.05) is 0 Å². The summed E-state index contributed by atoms with van der Waals surface area (Å²) < 4.78 is 0. The van der Waals surface area contributed by atoms with Crippen LogP contribution in [-0.2, 0) is 4.79 Å². The zero-order valence-corrected chi connectivity index (χ0v) is 9.06. The Morgan fingerprint density at radius 3 is 2.69 bits per heavy atom. The molecule has 1 N–H and O–H groups in total. The maximum absolute atomic E-state index is 10.8. The summed E-state index contributed by atoms with van der Waals surface area (Å²) in [7, 11) is 0. The van der Waals surface area contributed by atoms with Crippen LogP contribution < -0.4 is 0 Å². The molecule has 0 amide bonds. The van der Waals surface area contributed by atoms with Crippen molar-refractivity contribution in [1.82, 2.24) is 0 Å². The molecule has 0 radical (unpaired) electrons. The first-order valence-electron chi connectivity index (χ1n) is 4.27. The van der Waals surface area contributed by atoms with Gasteiger partial charge >= 0.3 is 5.97 Å². The number of halogens is 1. The molecule has 0 bridgehead atoms. The van der Waals surface area contributed by atoms with E-state index >= 15 is 0 Å². The topological polar surface area (TPSA) is 80.4 Å². The van der Waals surface area contributed by atoms with Gasteiger partial charge in [0.2, 0.25) is 0 Å². The molecule has 1 aromatic rings. The zero-order chi connectivity index (χ0) is 12.3. The summed E-state index contributed by atoms with van der Waals surface area (Å²) in [5.41, 5.74) is 0.432. The van der Waals surface area contributed by atoms with E-state index in [-0.39, 0.29) is 11.3 Å². The van der Waals surface area contributed by atoms with Crippen LogP contribution in [-0.4, -0.2) is 16.0 Å². The third-order valence-corrected chi connectivity index (χ3v) is 2.10. The number of carboxylic acid groups (broad SMARTS) is 1. The predicted octanol–water partition coefficient (Wildman–Crippen LogP) is 2.65. The van der Waals surface area contributed by atoms with Gasteiger partial charge in [0, 0.05) is 16.7 Å². The lowest BCUT2D eigenvalue weighted by Crippen LogP contribution is -1.96. The van der Waals surface area contributed by atoms with Crippen LogP contribution in [0.2, 0.25) is 5.02 Å². The zero-order valence-electron chi connectivity index (χ0n) is 8.31. The van der Waals surface area contributed by atoms with Crippen LogP contribution in [0.15, 0.2) is 18.2 Å². The number of carboxylic acids is 1. The van der Waals surface area contributed by atoms with Gasteiger partial charge in [-0.3, -0.25) is 10.1 Å². The van der Waals surface area contributed by atoms with Crippen molar-refractivity contribution in [2.45, 2.75) is 6.92 Å². The van der Waals surface area contributed by atoms with E-state index in [4.69, 9.17) is 16.7 Å². The Labute approximate surface area is 96.1 Å². The van der Waals surface area contributed by atoms with Gasteiger partial charge in [0.25, 0.3) is 5.69 Å². The number of carbonyl (C=O) groups is 1. The fourth-order valence-corrected chi connectivity index (χ4v) is 1.58. The van der Waals surface area contributed by atoms with Gasteiger partial charge in [-0.15, -0.1) is 0 Å². The standard InChI is InChI=1S/C10H8ClNO4/c1-6-4-8(11)5-7(2-3-9(13)14)10(6)12(15)16/h2-5H,1H3,(H,13,14)/b3-2+. The Morgan fingerprint density at radius 1 is 1.56 bits per heavy atom. The lowest BCUT2D eigenvalue weighted by atomic mass is 10.1. The maximum Gasteiger partial charge on any atom is 0.328 e. The van der Waals surface area contributed by atoms with Crippen LogP contribution in [0.4, 0.5) is 5.69 Å². The summed E-state index contributed by atoms with van der Waals surface area (Å²) in [6, 6.07) is 2.81. The van der Waals surface area contributed by atoms with Crippen molar-refractivity contribution in [3.63, 3.8) is 0 Å². The van der Waals surface area contributed by atoms with Crippen LogP contribution in [0, 0.1) is 17.0 Å². The van der Waals surface area contributed by atoms with Gasteiger partial charge < -0.3 is 5.11 Å². The maximum atomic E-state index is 10.8. The van der Waals surface area contributed by atoms with E-state index in [1.54, 1.807) is 6.92 Å². The van der Waals surface area contributed by atoms with E-state index in [2.05, 4.69) is 0 Å². The molecule has 0 atom stereocenters. The van der Waals surface area contributed by atoms with Crippen LogP contribution >= 0.6 is 11.6 Å². The van der Waals surface area contributed by atoms with Gasteiger partial charge in [-0.05, 0) is 25.1 Å². The third-order valence-electron chi connectivity index (χ3n) is 1.88. The molecular formula is C10H8ClNO4. The van der Waals surface area contributed by atoms with Crippen LogP contribution in [0.5, 0.6) is 0 Å². The SMILES string of the molecule is Cc1cc(Cl)cc(/C=C/C(=O)O)c1[N+](=O)[O-]. The molecule has 0 aliphatic carbocycles. The van der Waals surface area contributed by atoms with Crippen molar-refractivity contribution in [1.29, 1.82) is 0 Å². The highest BCUT2D eigenvalue weighted by atomic mass is 35.5. The van der Waals surface area contributed by atoms with Gasteiger partial charge in [-0.25, -0.2) is 4.79 Å². The molecule has 84 valence electrons. The third kappa shape index (κ3) is 2.80. The first-order valence-corrected chi connectivity index (χ1v) is 4.65. The van der Waals surface area contributed by atoms with Crippen LogP contribution in [0.25, 0.3) is 6.08 Å². The van der Waals surface area contributed by atoms with Gasteiger partial charge in [-0.2, -0.15) is 0 Å². The highest BCUT2D eigenvalue weighted by Gasteiger charge is 2.16. The number of rotatable bonds is 3. The Hall–Kier alpha value is -1.88. The molecular weight excluding hydrogens is 234 g/mol. The molecule has 0 fully saturated rings. The second-order valence-electron chi connectivity index (χ2n) is 3.09. The molecule has 0 aromatic heterocycles. The lowest BCUT2D eigenvalue weighted by Gasteiger charge is -2.02. The molecule has 0 aliphatic rings. The molecule has 0 saturated heterocycles. The monoisotopic (exact) mass is 241 g/mol. The number of benzene rings is 1. The molecule has 0 spiro atoms. The fraction of sp³-hybridized carbons (Fsp3) is 0.100. The van der Waals surface area contributed by atoms with Crippen molar-refractivity contribution >= 4 is 29.3 Å². The average Bonchev–Trinajstić information content (AvgIpc) is 2.12. The van der Waals surface area contributed by atoms with E-state index in [1.165, 1.54) is 12.1 Å². The first kappa shape index (κ1) is 12.2. The smallest absolute Gasteiger partial charge is 0.328 e. The van der Waals surface area contributed by atoms with E-state index in [1.807, 2.05) is 0 Å². The highest BCUT2D eigenvalue weighted by Crippen LogP contribution is 2.28. The van der Waals surface area contributed by atoms with Crippen LogP contribution in [0.1, 0.15) is 11.1 Å². The molecule has 5 nitrogen and oxygen atoms in total. The number of aliphatic carboxylic acids is 1. The minimum Gasteiger partial charge on any atom is -0.478 e. The minimum atomic E-state index is -1.17. The second kappa shape index (κ2) is 4.76. The summed E-state index contributed by atoms with van der Waals surface area (Å²) in [6.45, 7) is 1.54. The molecule has 0 aliphatic heterocycles. The van der Waals surface area contributed by atoms with Crippen molar-refractivity contribution < 1.29 is 14.8 Å². The van der Waals surface area contributed by atoms with Crippen molar-refractivity contribution in [3.8, 4) is 0 Å². The lowest BCUT2D eigenvalue weighted by molar-refractivity contribution is -0.385. The Bertz CT molecular complexity index is 482. The molecule has 0 heterocycles. The normalized spacial score (nSPS) is 10.6. The van der Waals surface area contributed by atoms with Gasteiger partial charge in [0.15, 0.2) is 0 Å². The van der Waals surface area contributed by atoms with E-state index < -0.39 is 10.9 Å². The molecule has 6 heteroatoms. The second-order valence-corrected chi connectivity index (χ2v) is 3.53. The Balaban J connectivity index is 3.35. The number of hydrogen-bond acceptors (Lipinski definition) is 3. The summed E-state index contributed by atoms with van der Waals surface area (Å²) in [6.07, 6.45) is 1.98. The number of aryl methyl sites for hydroxylation is 1. The van der Waals surface area contributed by atoms with Gasteiger partial charge in [-0.1, -0.05) is 11.6 Å². The fourth-order valence-electron chi connectivity index (χ4n) is 1.30. The molecule has 1 aromatic carbocycles. The molecule has 1 rings (SSSR count). The molecule has 16 heavy (non-hydrogen) atoms. The predicted molar refractivity (Wildman–Crippen MR) is 59.5 cm³/mol. The van der Waals surface area contributed by atoms with E-state index in [0.29, 0.717) is 10.6 Å². The van der Waals surface area contributed by atoms with E-state index in [0.717, 1.165) is 12.2 Å². The average molecular weight is 242 g/mol. The summed E-state index contributed by atoms with van der Waals surface area (Å²) >= 11 is 5.74. The van der Waals surface area contributed by atoms with Crippen molar-refractivity contribution in [3.05, 3.63) is 44.5 Å². The highest BCUT2D eigenvalue weighted by molar-refractivity contribution is 6.30. The van der Waals surface area contributed by atoms with Gasteiger partial charge in [0.1, 0.15) is 0 Å². The quantitative estimate of drug-likeness (QED) is 0.501. The number of nitrogens with zero attached hydrogens (tertiary/aromatic N) is 1. The largest absolute Gasteiger partial charge is 0.478 e. The van der Waals surface area contributed by atoms with Gasteiger partial charge in [0.05, 0.1) is 10.5 Å². The van der Waals surface area contributed by atoms with E-state index in [9.17, 15) is 14.9 Å². The number of nitro groups is 1. The summed E-state index contributed by atoms with van der Waals surface area (Å²) in [4.78, 5) is 20.6. The Morgan fingerprint density at radius 2 is 2.19 bits per heavy atom. The molecule has 0 unspecified atom stereocenters. The summed E-state index contributed by atoms with van der Waals surface area (Å²) in [5.74, 6) is -1.17. The Kier molecular flexibility index (Phi) is 3.63. The molecule has 0 saturated carbocycles. The number of hydrogen-bond donors (Lipinski definition) is 1.